The van der Waals surface area contributed by atoms with E-state index in [2.05, 4.69) is 26.9 Å². The van der Waals surface area contributed by atoms with Crippen LogP contribution in [0.5, 0.6) is 0 Å². The van der Waals surface area contributed by atoms with Crippen molar-refractivity contribution in [2.24, 2.45) is 0 Å². The number of aliphatic hydroxyl groups is 1. The minimum Gasteiger partial charge on any atom is -0.387 e. The Balaban J connectivity index is 1.85. The van der Waals surface area contributed by atoms with Crippen molar-refractivity contribution in [3.8, 4) is 11.8 Å². The summed E-state index contributed by atoms with van der Waals surface area (Å²) in [6.07, 6.45) is 1.09. The lowest BCUT2D eigenvalue weighted by Crippen LogP contribution is -2.06. The van der Waals surface area contributed by atoms with E-state index in [1.54, 1.807) is 0 Å². The number of aromatic nitrogens is 4. The highest BCUT2D eigenvalue weighted by Gasteiger charge is 2.10. The fourth-order valence-electron chi connectivity index (χ4n) is 2.16. The van der Waals surface area contributed by atoms with Gasteiger partial charge in [-0.15, -0.1) is 0 Å². The van der Waals surface area contributed by atoms with E-state index < -0.39 is 6.10 Å². The maximum atomic E-state index is 10.1. The van der Waals surface area contributed by atoms with Gasteiger partial charge in [0.05, 0.1) is 17.4 Å². The molecule has 0 aliphatic rings. The molecule has 3 N–H and O–H groups in total. The fourth-order valence-corrected chi connectivity index (χ4v) is 2.16. The predicted molar refractivity (Wildman–Crippen MR) is 82.8 cm³/mol. The molecule has 0 spiro atoms. The summed E-state index contributed by atoms with van der Waals surface area (Å²) < 4.78 is 1.45. The average molecular weight is 293 g/mol. The van der Waals surface area contributed by atoms with Crippen LogP contribution in [0.25, 0.3) is 5.78 Å². The number of nitrogen functional groups attached to an aromatic ring is 1. The average Bonchev–Trinajstić information content (AvgIpc) is 2.99. The summed E-state index contributed by atoms with van der Waals surface area (Å²) >= 11 is 0. The van der Waals surface area contributed by atoms with Crippen LogP contribution < -0.4 is 5.73 Å². The third-order valence-corrected chi connectivity index (χ3v) is 3.34. The van der Waals surface area contributed by atoms with Gasteiger partial charge in [0.2, 0.25) is 0 Å². The molecule has 3 aromatic rings. The van der Waals surface area contributed by atoms with Crippen molar-refractivity contribution in [3.63, 3.8) is 0 Å². The van der Waals surface area contributed by atoms with E-state index >= 15 is 0 Å². The zero-order valence-corrected chi connectivity index (χ0v) is 12.1. The minimum atomic E-state index is -0.627. The molecule has 110 valence electrons. The van der Waals surface area contributed by atoms with Crippen molar-refractivity contribution in [1.29, 1.82) is 0 Å². The summed E-state index contributed by atoms with van der Waals surface area (Å²) in [5.41, 5.74) is 8.19. The van der Waals surface area contributed by atoms with E-state index in [0.717, 1.165) is 5.56 Å². The number of fused-ring (bicyclic) bond motifs is 1. The molecule has 3 rings (SSSR count). The van der Waals surface area contributed by atoms with E-state index in [1.807, 2.05) is 37.3 Å². The molecule has 1 aromatic carbocycles. The molecule has 0 radical (unpaired) electrons. The summed E-state index contributed by atoms with van der Waals surface area (Å²) in [6, 6.07) is 9.42. The topological polar surface area (TPSA) is 89.3 Å². The van der Waals surface area contributed by atoms with Gasteiger partial charge >= 0.3 is 0 Å². The first kappa shape index (κ1) is 14.0. The van der Waals surface area contributed by atoms with E-state index in [1.165, 1.54) is 10.8 Å². The van der Waals surface area contributed by atoms with Gasteiger partial charge in [0.15, 0.2) is 0 Å². The minimum absolute atomic E-state index is 0.318. The number of rotatable bonds is 2. The van der Waals surface area contributed by atoms with E-state index in [-0.39, 0.29) is 0 Å². The Kier molecular flexibility index (Phi) is 3.73. The second-order valence-corrected chi connectivity index (χ2v) is 4.86. The summed E-state index contributed by atoms with van der Waals surface area (Å²) in [5, 5.41) is 14.1. The SMILES string of the molecule is Cc1nc2ncnn2c(N)c1C#CCC(O)c1ccccc1. The van der Waals surface area contributed by atoms with Crippen LogP contribution >= 0.6 is 0 Å². The number of anilines is 1. The normalized spacial score (nSPS) is 11.9. The number of hydrogen-bond donors (Lipinski definition) is 2. The first-order chi connectivity index (χ1) is 10.7. The maximum Gasteiger partial charge on any atom is 0.254 e. The van der Waals surface area contributed by atoms with Gasteiger partial charge in [-0.05, 0) is 12.5 Å². The highest BCUT2D eigenvalue weighted by atomic mass is 16.3. The van der Waals surface area contributed by atoms with Crippen LogP contribution in [0.3, 0.4) is 0 Å². The van der Waals surface area contributed by atoms with Crippen molar-refractivity contribution in [3.05, 3.63) is 53.5 Å². The van der Waals surface area contributed by atoms with Crippen molar-refractivity contribution in [2.45, 2.75) is 19.4 Å². The van der Waals surface area contributed by atoms with Crippen LogP contribution in [0.4, 0.5) is 5.82 Å². The monoisotopic (exact) mass is 293 g/mol. The van der Waals surface area contributed by atoms with Crippen molar-refractivity contribution in [1.82, 2.24) is 19.6 Å². The van der Waals surface area contributed by atoms with Crippen molar-refractivity contribution < 1.29 is 5.11 Å². The molecule has 0 aliphatic carbocycles. The molecule has 0 saturated heterocycles. The Hall–Kier alpha value is -2.91. The smallest absolute Gasteiger partial charge is 0.254 e. The molecular weight excluding hydrogens is 278 g/mol. The van der Waals surface area contributed by atoms with Gasteiger partial charge in [-0.25, -0.2) is 4.98 Å². The lowest BCUT2D eigenvalue weighted by molar-refractivity contribution is 0.184. The van der Waals surface area contributed by atoms with Crippen molar-refractivity contribution >= 4 is 11.6 Å². The quantitative estimate of drug-likeness (QED) is 0.699. The molecule has 22 heavy (non-hydrogen) atoms. The zero-order chi connectivity index (χ0) is 15.5. The van der Waals surface area contributed by atoms with Crippen LogP contribution in [0.15, 0.2) is 36.7 Å². The van der Waals surface area contributed by atoms with Gasteiger partial charge in [0.25, 0.3) is 5.78 Å². The molecule has 0 bridgehead atoms. The first-order valence-corrected chi connectivity index (χ1v) is 6.84. The number of benzene rings is 1. The highest BCUT2D eigenvalue weighted by Crippen LogP contribution is 2.17. The highest BCUT2D eigenvalue weighted by molar-refractivity contribution is 5.57. The molecule has 0 saturated carbocycles. The van der Waals surface area contributed by atoms with Crippen LogP contribution in [-0.2, 0) is 0 Å². The third kappa shape index (κ3) is 2.62. The Morgan fingerprint density at radius 1 is 1.32 bits per heavy atom. The molecular formula is C16H15N5O. The Labute approximate surface area is 127 Å². The van der Waals surface area contributed by atoms with E-state index in [0.29, 0.717) is 29.3 Å². The number of hydrogen-bond acceptors (Lipinski definition) is 5. The van der Waals surface area contributed by atoms with E-state index in [9.17, 15) is 5.11 Å². The fraction of sp³-hybridized carbons (Fsp3) is 0.188. The van der Waals surface area contributed by atoms with Gasteiger partial charge in [-0.2, -0.15) is 14.6 Å². The Bertz CT molecular complexity index is 861. The molecule has 6 nitrogen and oxygen atoms in total. The van der Waals surface area contributed by atoms with Crippen LogP contribution in [-0.4, -0.2) is 24.7 Å². The van der Waals surface area contributed by atoms with Crippen LogP contribution in [0.1, 0.15) is 29.3 Å². The molecule has 1 atom stereocenters. The zero-order valence-electron chi connectivity index (χ0n) is 12.1. The third-order valence-electron chi connectivity index (χ3n) is 3.34. The molecule has 0 fully saturated rings. The summed E-state index contributed by atoms with van der Waals surface area (Å²) in [7, 11) is 0. The standard InChI is InChI=1S/C16H15N5O/c1-11-13(15(17)21-16(20-11)18-10-19-21)8-5-9-14(22)12-6-3-2-4-7-12/h2-4,6-7,10,14,22H,9,17H2,1H3. The number of aliphatic hydroxyl groups excluding tert-OH is 1. The summed E-state index contributed by atoms with van der Waals surface area (Å²) in [5.74, 6) is 6.79. The molecule has 2 heterocycles. The summed E-state index contributed by atoms with van der Waals surface area (Å²) in [6.45, 7) is 1.82. The summed E-state index contributed by atoms with van der Waals surface area (Å²) in [4.78, 5) is 8.30. The predicted octanol–water partition coefficient (Wildman–Crippen LogP) is 1.49. The van der Waals surface area contributed by atoms with Gasteiger partial charge < -0.3 is 10.8 Å². The maximum absolute atomic E-state index is 10.1. The van der Waals surface area contributed by atoms with E-state index in [4.69, 9.17) is 5.73 Å². The second-order valence-electron chi connectivity index (χ2n) is 4.86. The van der Waals surface area contributed by atoms with Crippen LogP contribution in [0.2, 0.25) is 0 Å². The van der Waals surface area contributed by atoms with Gasteiger partial charge in [0.1, 0.15) is 12.1 Å². The van der Waals surface area contributed by atoms with Crippen molar-refractivity contribution in [2.75, 3.05) is 5.73 Å². The number of nitrogens with zero attached hydrogens (tertiary/aromatic N) is 4. The molecule has 2 aromatic heterocycles. The lowest BCUT2D eigenvalue weighted by Gasteiger charge is -2.06. The number of aryl methyl sites for hydroxylation is 1. The van der Waals surface area contributed by atoms with Crippen LogP contribution in [0, 0.1) is 18.8 Å². The Morgan fingerprint density at radius 2 is 2.09 bits per heavy atom. The molecule has 6 heteroatoms. The molecule has 0 aliphatic heterocycles. The van der Waals surface area contributed by atoms with Gasteiger partial charge in [-0.1, -0.05) is 42.2 Å². The van der Waals surface area contributed by atoms with Gasteiger partial charge in [0, 0.05) is 6.42 Å². The second kappa shape index (κ2) is 5.84. The molecule has 0 amide bonds. The Morgan fingerprint density at radius 3 is 2.86 bits per heavy atom. The number of nitrogens with two attached hydrogens (primary N) is 1. The lowest BCUT2D eigenvalue weighted by atomic mass is 10.1. The van der Waals surface area contributed by atoms with Gasteiger partial charge in [-0.3, -0.25) is 0 Å². The molecule has 1 unspecified atom stereocenters. The first-order valence-electron chi connectivity index (χ1n) is 6.84. The largest absolute Gasteiger partial charge is 0.387 e.